The maximum Gasteiger partial charge on any atom is 0.326 e. The minimum atomic E-state index is -1.16. The molecule has 0 fully saturated rings. The van der Waals surface area contributed by atoms with Crippen LogP contribution < -0.4 is 5.32 Å². The summed E-state index contributed by atoms with van der Waals surface area (Å²) in [5, 5.41) is 22.3. The number of carbonyl (C=O) groups excluding carboxylic acids is 1. The zero-order chi connectivity index (χ0) is 15.3. The average Bonchev–Trinajstić information content (AvgIpc) is 2.37. The van der Waals surface area contributed by atoms with Crippen molar-refractivity contribution < 1.29 is 19.6 Å². The largest absolute Gasteiger partial charge is 0.480 e. The number of benzene rings is 1. The lowest BCUT2D eigenvalue weighted by Gasteiger charge is -2.14. The second-order valence-corrected chi connectivity index (χ2v) is 4.38. The zero-order valence-electron chi connectivity index (χ0n) is 11.3. The summed E-state index contributed by atoms with van der Waals surface area (Å²) >= 11 is 0. The SMILES string of the molecule is CCC[C@@H](NC(=O)c1c(C)cccc1[N+](=O)[O-])C(=O)O. The molecule has 108 valence electrons. The molecule has 0 aliphatic heterocycles. The number of carboxylic acids is 1. The number of carboxylic acid groups (broad SMARTS) is 1. The lowest BCUT2D eigenvalue weighted by atomic mass is 10.0. The van der Waals surface area contributed by atoms with E-state index >= 15 is 0 Å². The molecule has 0 spiro atoms. The minimum absolute atomic E-state index is 0.0974. The Balaban J connectivity index is 3.09. The highest BCUT2D eigenvalue weighted by Gasteiger charge is 2.26. The molecule has 0 aliphatic carbocycles. The molecule has 0 bridgehead atoms. The van der Waals surface area contributed by atoms with Crippen LogP contribution in [0, 0.1) is 17.0 Å². The molecule has 1 aromatic rings. The van der Waals surface area contributed by atoms with Crippen LogP contribution in [0.1, 0.15) is 35.7 Å². The van der Waals surface area contributed by atoms with Crippen LogP contribution in [-0.4, -0.2) is 27.9 Å². The van der Waals surface area contributed by atoms with E-state index in [9.17, 15) is 19.7 Å². The van der Waals surface area contributed by atoms with Gasteiger partial charge in [-0.25, -0.2) is 4.79 Å². The van der Waals surface area contributed by atoms with Crippen molar-refractivity contribution in [2.75, 3.05) is 0 Å². The minimum Gasteiger partial charge on any atom is -0.480 e. The fourth-order valence-electron chi connectivity index (χ4n) is 1.88. The Kier molecular flexibility index (Phi) is 5.19. The first-order valence-electron chi connectivity index (χ1n) is 6.16. The molecule has 20 heavy (non-hydrogen) atoms. The monoisotopic (exact) mass is 280 g/mol. The van der Waals surface area contributed by atoms with E-state index in [1.807, 2.05) is 0 Å². The third-order valence-corrected chi connectivity index (χ3v) is 2.86. The van der Waals surface area contributed by atoms with Gasteiger partial charge >= 0.3 is 5.97 Å². The van der Waals surface area contributed by atoms with Crippen LogP contribution in [0.5, 0.6) is 0 Å². The van der Waals surface area contributed by atoms with Crippen molar-refractivity contribution in [3.8, 4) is 0 Å². The second kappa shape index (κ2) is 6.65. The number of aliphatic carboxylic acids is 1. The zero-order valence-corrected chi connectivity index (χ0v) is 11.3. The molecule has 0 aromatic heterocycles. The number of nitrogens with zero attached hydrogens (tertiary/aromatic N) is 1. The number of aryl methyl sites for hydroxylation is 1. The summed E-state index contributed by atoms with van der Waals surface area (Å²) in [6, 6.07) is 3.21. The molecule has 7 heteroatoms. The van der Waals surface area contributed by atoms with E-state index in [2.05, 4.69) is 5.32 Å². The van der Waals surface area contributed by atoms with Crippen molar-refractivity contribution in [2.45, 2.75) is 32.7 Å². The van der Waals surface area contributed by atoms with Crippen LogP contribution in [0.3, 0.4) is 0 Å². The van der Waals surface area contributed by atoms with Gasteiger partial charge in [-0.1, -0.05) is 25.5 Å². The van der Waals surface area contributed by atoms with Gasteiger partial charge in [-0.05, 0) is 18.9 Å². The van der Waals surface area contributed by atoms with Gasteiger partial charge in [-0.3, -0.25) is 14.9 Å². The Morgan fingerprint density at radius 2 is 2.10 bits per heavy atom. The summed E-state index contributed by atoms with van der Waals surface area (Å²) in [7, 11) is 0. The van der Waals surface area contributed by atoms with Gasteiger partial charge in [0.15, 0.2) is 0 Å². The van der Waals surface area contributed by atoms with E-state index in [0.717, 1.165) is 0 Å². The molecular weight excluding hydrogens is 264 g/mol. The van der Waals surface area contributed by atoms with Crippen LogP contribution in [0.25, 0.3) is 0 Å². The van der Waals surface area contributed by atoms with Gasteiger partial charge in [0.25, 0.3) is 11.6 Å². The topological polar surface area (TPSA) is 110 Å². The van der Waals surface area contributed by atoms with Crippen LogP contribution >= 0.6 is 0 Å². The lowest BCUT2D eigenvalue weighted by Crippen LogP contribution is -2.41. The standard InChI is InChI=1S/C13H16N2O5/c1-3-5-9(13(17)18)14-12(16)11-8(2)6-4-7-10(11)15(19)20/h4,6-7,9H,3,5H2,1-2H3,(H,14,16)(H,17,18)/t9-/m1/s1. The molecule has 0 unspecified atom stereocenters. The Morgan fingerprint density at radius 1 is 1.45 bits per heavy atom. The molecule has 0 saturated heterocycles. The van der Waals surface area contributed by atoms with Gasteiger partial charge < -0.3 is 10.4 Å². The molecular formula is C13H16N2O5. The number of rotatable bonds is 6. The Hall–Kier alpha value is -2.44. The number of hydrogen-bond donors (Lipinski definition) is 2. The molecule has 7 nitrogen and oxygen atoms in total. The highest BCUT2D eigenvalue weighted by Crippen LogP contribution is 2.21. The van der Waals surface area contributed by atoms with Crippen molar-refractivity contribution in [2.24, 2.45) is 0 Å². The van der Waals surface area contributed by atoms with Gasteiger partial charge in [-0.15, -0.1) is 0 Å². The van der Waals surface area contributed by atoms with E-state index in [4.69, 9.17) is 5.11 Å². The third-order valence-electron chi connectivity index (χ3n) is 2.86. The second-order valence-electron chi connectivity index (χ2n) is 4.38. The van der Waals surface area contributed by atoms with E-state index in [0.29, 0.717) is 12.0 Å². The van der Waals surface area contributed by atoms with Crippen molar-refractivity contribution in [1.82, 2.24) is 5.32 Å². The molecule has 0 aliphatic rings. The highest BCUT2D eigenvalue weighted by atomic mass is 16.6. The molecule has 1 rings (SSSR count). The summed E-state index contributed by atoms with van der Waals surface area (Å²) in [6.07, 6.45) is 0.841. The maximum atomic E-state index is 12.1. The van der Waals surface area contributed by atoms with Gasteiger partial charge in [0.05, 0.1) is 4.92 Å². The third kappa shape index (κ3) is 3.53. The summed E-state index contributed by atoms with van der Waals surface area (Å²) in [5.41, 5.74) is 0.000303. The average molecular weight is 280 g/mol. The van der Waals surface area contributed by atoms with E-state index < -0.39 is 22.8 Å². The van der Waals surface area contributed by atoms with E-state index in [-0.39, 0.29) is 17.7 Å². The lowest BCUT2D eigenvalue weighted by molar-refractivity contribution is -0.385. The predicted octanol–water partition coefficient (Wildman–Crippen LogP) is 1.89. The van der Waals surface area contributed by atoms with Crippen molar-refractivity contribution >= 4 is 17.6 Å². The highest BCUT2D eigenvalue weighted by molar-refractivity contribution is 6.01. The number of carbonyl (C=O) groups is 2. The van der Waals surface area contributed by atoms with Crippen molar-refractivity contribution in [1.29, 1.82) is 0 Å². The number of hydrogen-bond acceptors (Lipinski definition) is 4. The smallest absolute Gasteiger partial charge is 0.326 e. The molecule has 1 atom stereocenters. The van der Waals surface area contributed by atoms with E-state index in [1.54, 1.807) is 19.9 Å². The summed E-state index contributed by atoms with van der Waals surface area (Å²) in [6.45, 7) is 3.36. The Morgan fingerprint density at radius 3 is 2.60 bits per heavy atom. The quantitative estimate of drug-likeness (QED) is 0.610. The van der Waals surface area contributed by atoms with E-state index in [1.165, 1.54) is 12.1 Å². The van der Waals surface area contributed by atoms with Crippen molar-refractivity contribution in [3.63, 3.8) is 0 Å². The van der Waals surface area contributed by atoms with Gasteiger partial charge in [-0.2, -0.15) is 0 Å². The molecule has 0 heterocycles. The van der Waals surface area contributed by atoms with Crippen LogP contribution in [0.4, 0.5) is 5.69 Å². The van der Waals surface area contributed by atoms with Gasteiger partial charge in [0.2, 0.25) is 0 Å². The summed E-state index contributed by atoms with van der Waals surface area (Å²) in [4.78, 5) is 33.4. The summed E-state index contributed by atoms with van der Waals surface area (Å²) in [5.74, 6) is -1.90. The fourth-order valence-corrected chi connectivity index (χ4v) is 1.88. The first kappa shape index (κ1) is 15.6. The fraction of sp³-hybridized carbons (Fsp3) is 0.385. The first-order chi connectivity index (χ1) is 9.38. The van der Waals surface area contributed by atoms with Crippen LogP contribution in [0.15, 0.2) is 18.2 Å². The summed E-state index contributed by atoms with van der Waals surface area (Å²) < 4.78 is 0. The Labute approximate surface area is 115 Å². The van der Waals surface area contributed by atoms with Crippen molar-refractivity contribution in [3.05, 3.63) is 39.4 Å². The number of amides is 1. The molecule has 2 N–H and O–H groups in total. The first-order valence-corrected chi connectivity index (χ1v) is 6.16. The van der Waals surface area contributed by atoms with Gasteiger partial charge in [0, 0.05) is 6.07 Å². The number of nitro benzene ring substituents is 1. The Bertz CT molecular complexity index is 542. The number of nitrogens with one attached hydrogen (secondary N) is 1. The molecule has 0 radical (unpaired) electrons. The molecule has 0 saturated carbocycles. The van der Waals surface area contributed by atoms with Crippen LogP contribution in [0.2, 0.25) is 0 Å². The molecule has 1 aromatic carbocycles. The van der Waals surface area contributed by atoms with Gasteiger partial charge in [0.1, 0.15) is 11.6 Å². The molecule has 1 amide bonds. The van der Waals surface area contributed by atoms with Crippen LogP contribution in [-0.2, 0) is 4.79 Å². The predicted molar refractivity (Wildman–Crippen MR) is 71.6 cm³/mol. The normalized spacial score (nSPS) is 11.7. The number of nitro groups is 1. The maximum absolute atomic E-state index is 12.1.